The number of anilines is 1. The first kappa shape index (κ1) is 24.2. The number of hydrogen-bond acceptors (Lipinski definition) is 6. The van der Waals surface area contributed by atoms with Gasteiger partial charge in [0.25, 0.3) is 5.91 Å². The van der Waals surface area contributed by atoms with Crippen molar-refractivity contribution in [3.8, 4) is 0 Å². The summed E-state index contributed by atoms with van der Waals surface area (Å²) in [6, 6.07) is 3.06. The summed E-state index contributed by atoms with van der Waals surface area (Å²) in [6.07, 6.45) is 3.87. The highest BCUT2D eigenvalue weighted by atomic mass is 32.2. The number of carbonyl (C=O) groups is 3. The molecule has 2 atom stereocenters. The first-order valence-electron chi connectivity index (χ1n) is 11.3. The molecule has 0 spiro atoms. The summed E-state index contributed by atoms with van der Waals surface area (Å²) in [7, 11) is 1.53. The van der Waals surface area contributed by atoms with Crippen LogP contribution in [0.3, 0.4) is 0 Å². The van der Waals surface area contributed by atoms with Crippen LogP contribution in [-0.4, -0.2) is 66.7 Å². The average molecular weight is 491 g/mol. The maximum absolute atomic E-state index is 12.6. The molecule has 1 aliphatic carbocycles. The summed E-state index contributed by atoms with van der Waals surface area (Å²) in [5.74, 6) is -0.793. The number of hydrogen-bond donors (Lipinski definition) is 1. The monoisotopic (exact) mass is 490 g/mol. The normalized spacial score (nSPS) is 19.4. The van der Waals surface area contributed by atoms with Gasteiger partial charge in [-0.25, -0.2) is 9.59 Å². The predicted octanol–water partition coefficient (Wildman–Crippen LogP) is 2.82. The highest BCUT2D eigenvalue weighted by Gasteiger charge is 2.48. The molecule has 4 rings (SSSR count). The Hall–Kier alpha value is -2.92. The van der Waals surface area contributed by atoms with Crippen molar-refractivity contribution in [2.45, 2.75) is 64.0 Å². The molecule has 2 aromatic rings. The fourth-order valence-electron chi connectivity index (χ4n) is 4.72. The lowest BCUT2D eigenvalue weighted by Gasteiger charge is -2.32. The van der Waals surface area contributed by atoms with Gasteiger partial charge in [-0.3, -0.25) is 18.2 Å². The van der Waals surface area contributed by atoms with Crippen LogP contribution < -0.4 is 4.31 Å². The van der Waals surface area contributed by atoms with Crippen molar-refractivity contribution in [2.24, 2.45) is 0 Å². The number of likely N-dealkylation sites (N-methyl/N-ethyl adjacent to an activating group) is 1. The van der Waals surface area contributed by atoms with Crippen molar-refractivity contribution in [1.82, 2.24) is 9.80 Å². The van der Waals surface area contributed by atoms with Gasteiger partial charge in [0.2, 0.25) is 0 Å². The largest absolute Gasteiger partial charge is 0.755 e. The Morgan fingerprint density at radius 1 is 1.29 bits per heavy atom. The number of amides is 3. The molecule has 2 heterocycles. The standard InChI is InChI=1S/C23H29N3O7S/c1-23(2)21(29)25(22(30)24(23)3)12-6-8-17(20(27)28)26(34(31)32)14-10-11-16-15-7-4-5-9-18(15)33-19(16)13-14/h10-11,13,17H,4-9,12H2,1-3H3,(H,27,28)(H,31,32)/p-1. The zero-order chi connectivity index (χ0) is 24.8. The number of imide groups is 1. The van der Waals surface area contributed by atoms with Crippen LogP contribution in [0.2, 0.25) is 0 Å². The number of aryl methyl sites for hydroxylation is 2. The molecular formula is C23H28N3O7S-. The summed E-state index contributed by atoms with van der Waals surface area (Å²) in [6.45, 7) is 3.27. The van der Waals surface area contributed by atoms with Crippen molar-refractivity contribution < 1.29 is 32.7 Å². The van der Waals surface area contributed by atoms with E-state index < -0.39 is 34.8 Å². The first-order valence-corrected chi connectivity index (χ1v) is 12.3. The summed E-state index contributed by atoms with van der Waals surface area (Å²) in [4.78, 5) is 39.4. The molecule has 184 valence electrons. The van der Waals surface area contributed by atoms with Crippen molar-refractivity contribution in [1.29, 1.82) is 0 Å². The zero-order valence-electron chi connectivity index (χ0n) is 19.4. The number of carboxylic acids is 1. The van der Waals surface area contributed by atoms with E-state index in [-0.39, 0.29) is 31.0 Å². The van der Waals surface area contributed by atoms with E-state index in [1.807, 2.05) is 0 Å². The number of rotatable bonds is 8. The Kier molecular flexibility index (Phi) is 6.43. The quantitative estimate of drug-likeness (QED) is 0.444. The van der Waals surface area contributed by atoms with Crippen LogP contribution in [0, 0.1) is 0 Å². The maximum Gasteiger partial charge on any atom is 0.327 e. The third-order valence-corrected chi connectivity index (χ3v) is 7.69. The minimum atomic E-state index is -2.87. The van der Waals surface area contributed by atoms with Gasteiger partial charge < -0.3 is 19.0 Å². The van der Waals surface area contributed by atoms with E-state index in [0.29, 0.717) is 5.58 Å². The molecule has 0 saturated carbocycles. The van der Waals surface area contributed by atoms with Crippen LogP contribution in [0.15, 0.2) is 22.6 Å². The van der Waals surface area contributed by atoms with Gasteiger partial charge in [-0.05, 0) is 58.1 Å². The number of furan rings is 1. The molecule has 1 aromatic heterocycles. The highest BCUT2D eigenvalue weighted by Crippen LogP contribution is 2.35. The number of nitrogens with zero attached hydrogens (tertiary/aromatic N) is 3. The molecule has 0 radical (unpaired) electrons. The lowest BCUT2D eigenvalue weighted by atomic mass is 9.96. The summed E-state index contributed by atoms with van der Waals surface area (Å²) < 4.78 is 31.0. The van der Waals surface area contributed by atoms with Gasteiger partial charge in [-0.2, -0.15) is 0 Å². The van der Waals surface area contributed by atoms with Gasteiger partial charge in [-0.15, -0.1) is 0 Å². The van der Waals surface area contributed by atoms with Crippen LogP contribution in [0.25, 0.3) is 11.0 Å². The van der Waals surface area contributed by atoms with Gasteiger partial charge >= 0.3 is 12.0 Å². The summed E-state index contributed by atoms with van der Waals surface area (Å²) >= 11 is -2.87. The van der Waals surface area contributed by atoms with Gasteiger partial charge in [0, 0.05) is 48.3 Å². The smallest absolute Gasteiger partial charge is 0.327 e. The van der Waals surface area contributed by atoms with Gasteiger partial charge in [0.1, 0.15) is 22.9 Å². The molecule has 1 aliphatic heterocycles. The molecule has 1 saturated heterocycles. The molecule has 11 heteroatoms. The molecule has 1 N–H and O–H groups in total. The molecule has 10 nitrogen and oxygen atoms in total. The third kappa shape index (κ3) is 4.07. The first-order chi connectivity index (χ1) is 16.0. The zero-order valence-corrected chi connectivity index (χ0v) is 20.2. The number of carboxylic acid groups (broad SMARTS) is 1. The Morgan fingerprint density at radius 2 is 2.00 bits per heavy atom. The predicted molar refractivity (Wildman–Crippen MR) is 124 cm³/mol. The second kappa shape index (κ2) is 9.03. The Bertz CT molecular complexity index is 1170. The molecule has 34 heavy (non-hydrogen) atoms. The van der Waals surface area contributed by atoms with Crippen LogP contribution in [0.1, 0.15) is 50.9 Å². The molecule has 2 unspecified atom stereocenters. The van der Waals surface area contributed by atoms with Gasteiger partial charge in [0.05, 0.1) is 5.69 Å². The number of urea groups is 1. The van der Waals surface area contributed by atoms with E-state index in [0.717, 1.165) is 51.6 Å². The lowest BCUT2D eigenvalue weighted by molar-refractivity contribution is -0.138. The van der Waals surface area contributed by atoms with E-state index in [9.17, 15) is 28.3 Å². The molecule has 3 amide bonds. The Labute approximate surface area is 199 Å². The fourth-order valence-corrected chi connectivity index (χ4v) is 5.41. The molecule has 1 aromatic carbocycles. The van der Waals surface area contributed by atoms with Crippen LogP contribution >= 0.6 is 0 Å². The Morgan fingerprint density at radius 3 is 2.62 bits per heavy atom. The topological polar surface area (TPSA) is 134 Å². The van der Waals surface area contributed by atoms with Crippen LogP contribution in [0.4, 0.5) is 10.5 Å². The summed E-state index contributed by atoms with van der Waals surface area (Å²) in [5, 5.41) is 10.7. The number of benzene rings is 1. The molecule has 0 bridgehead atoms. The van der Waals surface area contributed by atoms with Crippen molar-refractivity contribution in [3.05, 3.63) is 29.5 Å². The fraction of sp³-hybridized carbons (Fsp3) is 0.522. The number of aliphatic carboxylic acids is 1. The van der Waals surface area contributed by atoms with Crippen molar-refractivity contribution in [3.63, 3.8) is 0 Å². The van der Waals surface area contributed by atoms with Crippen molar-refractivity contribution >= 4 is 45.8 Å². The van der Waals surface area contributed by atoms with E-state index in [4.69, 9.17) is 4.42 Å². The minimum absolute atomic E-state index is 0.00150. The molecular weight excluding hydrogens is 462 g/mol. The highest BCUT2D eigenvalue weighted by molar-refractivity contribution is 7.80. The van der Waals surface area contributed by atoms with Crippen molar-refractivity contribution in [2.75, 3.05) is 17.9 Å². The number of carbonyl (C=O) groups excluding carboxylic acids is 2. The van der Waals surface area contributed by atoms with Gasteiger partial charge in [-0.1, -0.05) is 0 Å². The second-order valence-corrected chi connectivity index (χ2v) is 10.1. The maximum atomic E-state index is 12.6. The summed E-state index contributed by atoms with van der Waals surface area (Å²) in [5.41, 5.74) is 0.866. The van der Waals surface area contributed by atoms with Crippen LogP contribution in [-0.2, 0) is 33.7 Å². The van der Waals surface area contributed by atoms with E-state index in [1.54, 1.807) is 32.0 Å². The number of fused-ring (bicyclic) bond motifs is 3. The molecule has 2 aliphatic rings. The van der Waals surface area contributed by atoms with Crippen LogP contribution in [0.5, 0.6) is 0 Å². The average Bonchev–Trinajstić information content (AvgIpc) is 3.22. The SMILES string of the molecule is CN1C(=O)N(CCCC(C(=O)O)N(c2ccc3c4c(oc3c2)CCCC4)S(=O)[O-])C(=O)C1(C)C. The lowest BCUT2D eigenvalue weighted by Crippen LogP contribution is -2.43. The van der Waals surface area contributed by atoms with Gasteiger partial charge in [0.15, 0.2) is 0 Å². The van der Waals surface area contributed by atoms with E-state index >= 15 is 0 Å². The third-order valence-electron chi connectivity index (χ3n) is 6.91. The second-order valence-electron chi connectivity index (χ2n) is 9.29. The Balaban J connectivity index is 1.54. The minimum Gasteiger partial charge on any atom is -0.755 e. The molecule has 1 fully saturated rings. The van der Waals surface area contributed by atoms with E-state index in [2.05, 4.69) is 0 Å². The van der Waals surface area contributed by atoms with E-state index in [1.165, 1.54) is 11.9 Å².